The van der Waals surface area contributed by atoms with E-state index in [0.29, 0.717) is 0 Å². The van der Waals surface area contributed by atoms with Crippen LogP contribution in [0.3, 0.4) is 0 Å². The lowest BCUT2D eigenvalue weighted by atomic mass is 9.69. The van der Waals surface area contributed by atoms with Crippen LogP contribution in [0.4, 0.5) is 0 Å². The van der Waals surface area contributed by atoms with Crippen molar-refractivity contribution in [1.29, 1.82) is 0 Å². The van der Waals surface area contributed by atoms with Crippen LogP contribution in [-0.2, 0) is 0 Å². The van der Waals surface area contributed by atoms with Gasteiger partial charge in [0.25, 0.3) is 0 Å². The van der Waals surface area contributed by atoms with Crippen LogP contribution < -0.4 is 0 Å². The molecular weight excluding hydrogens is 472 g/mol. The average Bonchev–Trinajstić information content (AvgIpc) is 3.57. The fourth-order valence-electron chi connectivity index (χ4n) is 11.1. The van der Waals surface area contributed by atoms with Crippen LogP contribution in [0.25, 0.3) is 11.1 Å². The molecule has 0 aliphatic heterocycles. The molecule has 0 amide bonds. The summed E-state index contributed by atoms with van der Waals surface area (Å²) < 4.78 is 0. The van der Waals surface area contributed by atoms with Crippen molar-refractivity contribution in [3.63, 3.8) is 0 Å². The molecule has 6 rings (SSSR count). The largest absolute Gasteiger partial charge is 0.0689 e. The van der Waals surface area contributed by atoms with Gasteiger partial charge in [-0.2, -0.15) is 0 Å². The molecule has 206 valence electrons. The lowest BCUT2D eigenvalue weighted by molar-refractivity contribution is 0.179. The van der Waals surface area contributed by atoms with Gasteiger partial charge in [-0.1, -0.05) is 133 Å². The number of hydrogen-bond acceptors (Lipinski definition) is 0. The summed E-state index contributed by atoms with van der Waals surface area (Å²) in [5.74, 6) is 6.81. The number of fused-ring (bicyclic) bond motifs is 2. The van der Waals surface area contributed by atoms with E-state index < -0.39 is 8.07 Å². The van der Waals surface area contributed by atoms with Crippen LogP contribution in [0, 0.1) is 35.5 Å². The molecule has 0 nitrogen and oxygen atoms in total. The van der Waals surface area contributed by atoms with Crippen LogP contribution in [0.1, 0.15) is 102 Å². The Morgan fingerprint density at radius 3 is 2.18 bits per heavy atom. The predicted molar refractivity (Wildman–Crippen MR) is 167 cm³/mol. The zero-order chi connectivity index (χ0) is 26.3. The van der Waals surface area contributed by atoms with Crippen molar-refractivity contribution in [2.24, 2.45) is 35.5 Å². The van der Waals surface area contributed by atoms with Crippen LogP contribution >= 0.6 is 0 Å². The number of rotatable bonds is 7. The van der Waals surface area contributed by atoms with Crippen molar-refractivity contribution in [1.82, 2.24) is 0 Å². The summed E-state index contributed by atoms with van der Waals surface area (Å²) in [4.78, 5) is 0. The second-order valence-corrected chi connectivity index (χ2v) is 19.8. The van der Waals surface area contributed by atoms with E-state index >= 15 is 0 Å². The van der Waals surface area contributed by atoms with Crippen molar-refractivity contribution in [2.75, 3.05) is 0 Å². The van der Waals surface area contributed by atoms with Gasteiger partial charge in [-0.3, -0.25) is 0 Å². The minimum Gasteiger partial charge on any atom is -0.0689 e. The van der Waals surface area contributed by atoms with Gasteiger partial charge in [-0.25, -0.2) is 0 Å². The van der Waals surface area contributed by atoms with Crippen molar-refractivity contribution < 1.29 is 0 Å². The Hall–Kier alpha value is -1.34. The molecule has 2 aromatic carbocycles. The van der Waals surface area contributed by atoms with E-state index in [-0.39, 0.29) is 0 Å². The highest BCUT2D eigenvalue weighted by molar-refractivity contribution is 6.80. The fraction of sp³-hybridized carbons (Fsp3) is 0.676. The molecular formula is C37H54Si. The topological polar surface area (TPSA) is 0 Å². The summed E-state index contributed by atoms with van der Waals surface area (Å²) in [6.07, 6.45) is 18.0. The van der Waals surface area contributed by atoms with Crippen molar-refractivity contribution in [3.05, 3.63) is 60.2 Å². The molecule has 1 heteroatoms. The highest BCUT2D eigenvalue weighted by Gasteiger charge is 2.57. The van der Waals surface area contributed by atoms with Crippen LogP contribution in [-0.4, -0.2) is 8.07 Å². The van der Waals surface area contributed by atoms with Gasteiger partial charge in [0.2, 0.25) is 0 Å². The zero-order valence-electron chi connectivity index (χ0n) is 24.9. The van der Waals surface area contributed by atoms with Gasteiger partial charge in [0.1, 0.15) is 0 Å². The van der Waals surface area contributed by atoms with Crippen molar-refractivity contribution in [2.45, 2.75) is 121 Å². The van der Waals surface area contributed by atoms with E-state index in [1.807, 2.05) is 0 Å². The Balaban J connectivity index is 1.26. The molecule has 9 atom stereocenters. The second-order valence-electron chi connectivity index (χ2n) is 14.7. The van der Waals surface area contributed by atoms with Gasteiger partial charge in [0, 0.05) is 0 Å². The van der Waals surface area contributed by atoms with E-state index in [4.69, 9.17) is 0 Å². The van der Waals surface area contributed by atoms with E-state index in [1.54, 1.807) is 31.2 Å². The molecule has 0 aromatic heterocycles. The second kappa shape index (κ2) is 11.3. The maximum atomic E-state index is 2.89. The maximum Gasteiger partial charge on any atom is 0.0541 e. The molecule has 0 bridgehead atoms. The quantitative estimate of drug-likeness (QED) is 0.315. The number of benzene rings is 2. The maximum absolute atomic E-state index is 2.89. The molecule has 38 heavy (non-hydrogen) atoms. The first kappa shape index (κ1) is 26.9. The zero-order valence-corrected chi connectivity index (χ0v) is 25.9. The molecule has 2 aromatic rings. The van der Waals surface area contributed by atoms with E-state index in [0.717, 1.165) is 52.5 Å². The smallest absolute Gasteiger partial charge is 0.0541 e. The van der Waals surface area contributed by atoms with Gasteiger partial charge in [0.05, 0.1) is 8.07 Å². The third-order valence-electron chi connectivity index (χ3n) is 12.7. The lowest BCUT2D eigenvalue weighted by Gasteiger charge is -2.46. The van der Waals surface area contributed by atoms with Gasteiger partial charge in [-0.05, 0) is 94.9 Å². The first-order chi connectivity index (χ1) is 18.5. The molecule has 9 unspecified atom stereocenters. The Morgan fingerprint density at radius 2 is 1.39 bits per heavy atom. The first-order valence-corrected chi connectivity index (χ1v) is 19.8. The third-order valence-corrected chi connectivity index (χ3v) is 17.9. The Labute approximate surface area is 235 Å². The molecule has 4 aliphatic carbocycles. The molecule has 0 N–H and O–H groups in total. The fourth-order valence-corrected chi connectivity index (χ4v) is 16.5. The molecule has 0 radical (unpaired) electrons. The van der Waals surface area contributed by atoms with Crippen LogP contribution in [0.2, 0.25) is 24.2 Å². The van der Waals surface area contributed by atoms with Gasteiger partial charge in [-0.15, -0.1) is 0 Å². The predicted octanol–water partition coefficient (Wildman–Crippen LogP) is 11.4. The van der Waals surface area contributed by atoms with Gasteiger partial charge >= 0.3 is 0 Å². The Bertz CT molecular complexity index is 1060. The summed E-state index contributed by atoms with van der Waals surface area (Å²) in [5.41, 5.74) is 6.74. The summed E-state index contributed by atoms with van der Waals surface area (Å²) in [7, 11) is -1.37. The summed E-state index contributed by atoms with van der Waals surface area (Å²) >= 11 is 0. The van der Waals surface area contributed by atoms with E-state index in [1.165, 1.54) is 62.5 Å². The standard InChI is InChI=1S/C37H54Si/c1-5-14-26(2)35-25-37(34-20-12-11-19-31(34)35)38(3,4)36-24-23-32-30(21-13-22-33(32)36)29-18-10-9-17-28(29)27-15-7-6-8-16-27/h6-10,15-18,26,30-37H,5,11-14,19-25H2,1-4H3. The summed E-state index contributed by atoms with van der Waals surface area (Å²) in [5, 5.41) is 0. The summed E-state index contributed by atoms with van der Waals surface area (Å²) in [6, 6.07) is 20.7. The molecule has 4 saturated carbocycles. The van der Waals surface area contributed by atoms with Crippen LogP contribution in [0.15, 0.2) is 54.6 Å². The van der Waals surface area contributed by atoms with Crippen molar-refractivity contribution >= 4 is 8.07 Å². The average molecular weight is 527 g/mol. The van der Waals surface area contributed by atoms with E-state index in [9.17, 15) is 0 Å². The Kier molecular flexibility index (Phi) is 7.96. The molecule has 0 saturated heterocycles. The highest BCUT2D eigenvalue weighted by atomic mass is 28.3. The number of hydrogen-bond donors (Lipinski definition) is 0. The molecule has 4 aliphatic rings. The van der Waals surface area contributed by atoms with Crippen LogP contribution in [0.5, 0.6) is 0 Å². The van der Waals surface area contributed by atoms with Gasteiger partial charge in [0.15, 0.2) is 0 Å². The first-order valence-electron chi connectivity index (χ1n) is 16.6. The van der Waals surface area contributed by atoms with Crippen molar-refractivity contribution in [3.8, 4) is 11.1 Å². The molecule has 0 heterocycles. The molecule has 4 fully saturated rings. The summed E-state index contributed by atoms with van der Waals surface area (Å²) in [6.45, 7) is 10.8. The third kappa shape index (κ3) is 4.78. The van der Waals surface area contributed by atoms with Gasteiger partial charge < -0.3 is 0 Å². The Morgan fingerprint density at radius 1 is 0.711 bits per heavy atom. The highest BCUT2D eigenvalue weighted by Crippen LogP contribution is 2.65. The minimum absolute atomic E-state index is 0.767. The normalized spacial score (nSPS) is 36.0. The lowest BCUT2D eigenvalue weighted by Crippen LogP contribution is -2.44. The van der Waals surface area contributed by atoms with E-state index in [2.05, 4.69) is 81.5 Å². The molecule has 0 spiro atoms. The monoisotopic (exact) mass is 526 g/mol. The SMILES string of the molecule is CCCC(C)C1CC([Si](C)(C)C2CCC3C(c4ccccc4-c4ccccc4)CCCC32)C2CCCCC12. The minimum atomic E-state index is -1.37.